The maximum absolute atomic E-state index is 14.8. The van der Waals surface area contributed by atoms with E-state index in [1.54, 1.807) is 13.2 Å². The molecule has 0 amide bonds. The van der Waals surface area contributed by atoms with Gasteiger partial charge in [-0.2, -0.15) is 0 Å². The molecule has 0 atom stereocenters. The molecule has 0 saturated heterocycles. The summed E-state index contributed by atoms with van der Waals surface area (Å²) < 4.78 is 21.0. The average molecular weight is 481 g/mol. The number of carbonyl (C=O) groups excluding carboxylic acids is 1. The van der Waals surface area contributed by atoms with E-state index in [0.717, 1.165) is 45.5 Å². The van der Waals surface area contributed by atoms with Crippen LogP contribution in [-0.2, 0) is 0 Å². The zero-order chi connectivity index (χ0) is 24.2. The van der Waals surface area contributed by atoms with Gasteiger partial charge in [-0.15, -0.1) is 0 Å². The Labute approximate surface area is 198 Å². The van der Waals surface area contributed by atoms with Crippen molar-refractivity contribution in [2.75, 3.05) is 12.4 Å². The van der Waals surface area contributed by atoms with Crippen molar-refractivity contribution in [2.45, 2.75) is 12.8 Å². The number of halogens is 1. The summed E-state index contributed by atoms with van der Waals surface area (Å²) in [5.74, 6) is 0.809. The Balaban J connectivity index is 0.000000636. The number of nitrogens with zero attached hydrogens (tertiary/aromatic N) is 1. The van der Waals surface area contributed by atoms with Crippen LogP contribution >= 0.6 is 11.3 Å². The van der Waals surface area contributed by atoms with E-state index in [2.05, 4.69) is 10.3 Å². The largest absolute Gasteiger partial charge is 0.503 e. The summed E-state index contributed by atoms with van der Waals surface area (Å²) in [5, 5.41) is 17.6. The number of hydrogen-bond acceptors (Lipinski definition) is 6. The number of rotatable bonds is 6. The normalized spacial score (nSPS) is 12.5. The number of thiazole rings is 1. The highest BCUT2D eigenvalue weighted by atomic mass is 32.1. The lowest BCUT2D eigenvalue weighted by Crippen LogP contribution is -2.00. The van der Waals surface area contributed by atoms with E-state index in [-0.39, 0.29) is 17.5 Å². The van der Waals surface area contributed by atoms with Gasteiger partial charge in [0.05, 0.1) is 23.0 Å². The lowest BCUT2D eigenvalue weighted by atomic mass is 10.0. The molecule has 1 aliphatic carbocycles. The van der Waals surface area contributed by atoms with E-state index in [1.165, 1.54) is 17.4 Å². The Morgan fingerprint density at radius 1 is 1.03 bits per heavy atom. The van der Waals surface area contributed by atoms with E-state index < -0.39 is 6.16 Å². The Kier molecular flexibility index (Phi) is 6.74. The molecular formula is C25H21FN2O5S. The average Bonchev–Trinajstić information content (AvgIpc) is 3.59. The Morgan fingerprint density at radius 3 is 2.32 bits per heavy atom. The molecule has 174 valence electrons. The van der Waals surface area contributed by atoms with Gasteiger partial charge in [-0.1, -0.05) is 41.7 Å². The van der Waals surface area contributed by atoms with Gasteiger partial charge in [-0.3, -0.25) is 4.79 Å². The van der Waals surface area contributed by atoms with Crippen molar-refractivity contribution in [1.82, 2.24) is 4.98 Å². The first kappa shape index (κ1) is 23.2. The molecule has 1 heterocycles. The van der Waals surface area contributed by atoms with Crippen LogP contribution in [0.1, 0.15) is 23.2 Å². The van der Waals surface area contributed by atoms with Gasteiger partial charge >= 0.3 is 6.16 Å². The number of ether oxygens (including phenoxy) is 1. The minimum Gasteiger partial charge on any atom is -0.497 e. The SMILES string of the molecule is COc1ccc2nc(Nc3ccc(-c4ccc(C(=O)C5CC5)cc4)cc3F)sc2c1.O=C(O)O. The van der Waals surface area contributed by atoms with E-state index in [0.29, 0.717) is 10.8 Å². The van der Waals surface area contributed by atoms with Crippen LogP contribution in [0.4, 0.5) is 20.0 Å². The number of aromatic nitrogens is 1. The first-order valence-electron chi connectivity index (χ1n) is 10.4. The molecule has 7 nitrogen and oxygen atoms in total. The third kappa shape index (κ3) is 5.49. The highest BCUT2D eigenvalue weighted by Crippen LogP contribution is 2.34. The number of ketones is 1. The smallest absolute Gasteiger partial charge is 0.497 e. The topological polar surface area (TPSA) is 109 Å². The summed E-state index contributed by atoms with van der Waals surface area (Å²) in [6, 6.07) is 18.1. The van der Waals surface area contributed by atoms with Gasteiger partial charge in [0.2, 0.25) is 0 Å². The van der Waals surface area contributed by atoms with Gasteiger partial charge in [0.15, 0.2) is 10.9 Å². The van der Waals surface area contributed by atoms with E-state index in [4.69, 9.17) is 19.7 Å². The molecule has 1 fully saturated rings. The number of Topliss-reactive ketones (excluding diaryl/α,β-unsaturated/α-hetero) is 1. The van der Waals surface area contributed by atoms with Crippen LogP contribution in [0, 0.1) is 11.7 Å². The number of benzene rings is 3. The number of methoxy groups -OCH3 is 1. The van der Waals surface area contributed by atoms with Gasteiger partial charge in [0.1, 0.15) is 11.6 Å². The van der Waals surface area contributed by atoms with E-state index in [1.807, 2.05) is 48.5 Å². The second kappa shape index (κ2) is 9.88. The number of carbonyl (C=O) groups is 2. The van der Waals surface area contributed by atoms with Crippen molar-refractivity contribution < 1.29 is 28.9 Å². The summed E-state index contributed by atoms with van der Waals surface area (Å²) in [6.45, 7) is 0. The summed E-state index contributed by atoms with van der Waals surface area (Å²) in [6.07, 6.45) is 0.144. The fourth-order valence-corrected chi connectivity index (χ4v) is 4.31. The van der Waals surface area contributed by atoms with Crippen LogP contribution in [0.2, 0.25) is 0 Å². The molecule has 0 spiro atoms. The highest BCUT2D eigenvalue weighted by molar-refractivity contribution is 7.22. The van der Waals surface area contributed by atoms with Crippen LogP contribution in [0.5, 0.6) is 5.75 Å². The summed E-state index contributed by atoms with van der Waals surface area (Å²) in [7, 11) is 1.62. The third-order valence-electron chi connectivity index (χ3n) is 5.26. The zero-order valence-corrected chi connectivity index (χ0v) is 18.9. The van der Waals surface area contributed by atoms with Gasteiger partial charge in [0, 0.05) is 11.5 Å². The molecule has 3 aromatic carbocycles. The van der Waals surface area contributed by atoms with Gasteiger partial charge in [-0.25, -0.2) is 14.2 Å². The molecule has 0 radical (unpaired) electrons. The van der Waals surface area contributed by atoms with Crippen LogP contribution in [-0.4, -0.2) is 34.2 Å². The summed E-state index contributed by atoms with van der Waals surface area (Å²) in [5.41, 5.74) is 3.57. The second-order valence-corrected chi connectivity index (χ2v) is 8.70. The van der Waals surface area contributed by atoms with E-state index >= 15 is 0 Å². The molecule has 0 bridgehead atoms. The molecule has 3 N–H and O–H groups in total. The fraction of sp³-hybridized carbons (Fsp3) is 0.160. The van der Waals surface area contributed by atoms with Crippen molar-refractivity contribution in [2.24, 2.45) is 5.92 Å². The summed E-state index contributed by atoms with van der Waals surface area (Å²) >= 11 is 1.44. The molecule has 1 aromatic heterocycles. The van der Waals surface area contributed by atoms with Crippen LogP contribution < -0.4 is 10.1 Å². The molecule has 5 rings (SSSR count). The lowest BCUT2D eigenvalue weighted by molar-refractivity contribution is 0.0967. The molecule has 4 aromatic rings. The number of anilines is 2. The molecule has 0 aliphatic heterocycles. The van der Waals surface area contributed by atoms with Crippen molar-refractivity contribution in [3.63, 3.8) is 0 Å². The monoisotopic (exact) mass is 480 g/mol. The van der Waals surface area contributed by atoms with Crippen LogP contribution in [0.25, 0.3) is 21.3 Å². The van der Waals surface area contributed by atoms with E-state index in [9.17, 15) is 9.18 Å². The van der Waals surface area contributed by atoms with Crippen molar-refractivity contribution >= 4 is 44.3 Å². The van der Waals surface area contributed by atoms with Crippen molar-refractivity contribution in [3.05, 3.63) is 72.0 Å². The molecule has 0 unspecified atom stereocenters. The fourth-order valence-electron chi connectivity index (χ4n) is 3.40. The molecule has 1 aliphatic rings. The highest BCUT2D eigenvalue weighted by Gasteiger charge is 2.30. The molecular weight excluding hydrogens is 459 g/mol. The quantitative estimate of drug-likeness (QED) is 0.264. The lowest BCUT2D eigenvalue weighted by Gasteiger charge is -2.08. The van der Waals surface area contributed by atoms with Crippen molar-refractivity contribution in [1.29, 1.82) is 0 Å². The number of fused-ring (bicyclic) bond motifs is 1. The number of nitrogens with one attached hydrogen (secondary N) is 1. The molecule has 34 heavy (non-hydrogen) atoms. The third-order valence-corrected chi connectivity index (χ3v) is 6.19. The Morgan fingerprint density at radius 2 is 1.71 bits per heavy atom. The number of carboxylic acid groups (broad SMARTS) is 2. The Bertz CT molecular complexity index is 1350. The minimum atomic E-state index is -1.83. The summed E-state index contributed by atoms with van der Waals surface area (Å²) in [4.78, 5) is 25.2. The molecule has 9 heteroatoms. The Hall–Kier alpha value is -3.98. The van der Waals surface area contributed by atoms with Gasteiger partial charge in [0.25, 0.3) is 0 Å². The number of hydrogen-bond donors (Lipinski definition) is 3. The second-order valence-electron chi connectivity index (χ2n) is 7.67. The van der Waals surface area contributed by atoms with Crippen LogP contribution in [0.3, 0.4) is 0 Å². The van der Waals surface area contributed by atoms with Crippen LogP contribution in [0.15, 0.2) is 60.7 Å². The van der Waals surface area contributed by atoms with Gasteiger partial charge < -0.3 is 20.3 Å². The first-order chi connectivity index (χ1) is 16.3. The standard InChI is InChI=1S/C24H19FN2O2S.CH2O3/c1-29-18-9-11-21-22(13-18)30-24(27-21)26-20-10-8-17(12-19(20)25)14-2-4-15(5-3-14)23(28)16-6-7-16;2-1(3)4/h2-5,8-13,16H,6-7H2,1H3,(H,26,27);(H2,2,3,4). The predicted octanol–water partition coefficient (Wildman–Crippen LogP) is 6.67. The zero-order valence-electron chi connectivity index (χ0n) is 18.1. The predicted molar refractivity (Wildman–Crippen MR) is 129 cm³/mol. The van der Waals surface area contributed by atoms with Gasteiger partial charge in [-0.05, 0) is 54.3 Å². The van der Waals surface area contributed by atoms with Crippen molar-refractivity contribution in [3.8, 4) is 16.9 Å². The maximum Gasteiger partial charge on any atom is 0.503 e. The minimum absolute atomic E-state index is 0.197. The maximum atomic E-state index is 14.8. The molecule has 1 saturated carbocycles. The first-order valence-corrected chi connectivity index (χ1v) is 11.2.